The summed E-state index contributed by atoms with van der Waals surface area (Å²) in [4.78, 5) is 11.1. The highest BCUT2D eigenvalue weighted by atomic mass is 16.1. The molecule has 0 spiro atoms. The summed E-state index contributed by atoms with van der Waals surface area (Å²) in [6.45, 7) is 12.7. The quantitative estimate of drug-likeness (QED) is 0.297. The SMILES string of the molecule is C=CCC(/C=C(/C=O)CCC(C)C)CCC(C)C. The number of allylic oxidation sites excluding steroid dienone is 3. The van der Waals surface area contributed by atoms with Gasteiger partial charge in [0.05, 0.1) is 0 Å². The second-order valence-electron chi connectivity index (χ2n) is 6.05. The first-order valence-corrected chi connectivity index (χ1v) is 7.26. The highest BCUT2D eigenvalue weighted by Crippen LogP contribution is 2.20. The van der Waals surface area contributed by atoms with Crippen LogP contribution in [-0.4, -0.2) is 6.29 Å². The third kappa shape index (κ3) is 9.21. The van der Waals surface area contributed by atoms with E-state index in [-0.39, 0.29) is 0 Å². The van der Waals surface area contributed by atoms with Crippen molar-refractivity contribution in [1.29, 1.82) is 0 Å². The number of rotatable bonds is 10. The molecule has 1 nitrogen and oxygen atoms in total. The molecule has 0 fully saturated rings. The van der Waals surface area contributed by atoms with E-state index in [2.05, 4.69) is 40.3 Å². The second kappa shape index (κ2) is 10.1. The number of hydrogen-bond acceptors (Lipinski definition) is 1. The van der Waals surface area contributed by atoms with Gasteiger partial charge >= 0.3 is 0 Å². The molecule has 0 N–H and O–H groups in total. The zero-order chi connectivity index (χ0) is 14.0. The van der Waals surface area contributed by atoms with Crippen LogP contribution in [0, 0.1) is 17.8 Å². The Kier molecular flexibility index (Phi) is 9.63. The number of aldehydes is 1. The first kappa shape index (κ1) is 17.2. The molecule has 104 valence electrons. The van der Waals surface area contributed by atoms with Crippen LogP contribution < -0.4 is 0 Å². The maximum Gasteiger partial charge on any atom is 0.145 e. The van der Waals surface area contributed by atoms with Gasteiger partial charge in [-0.1, -0.05) is 46.3 Å². The zero-order valence-corrected chi connectivity index (χ0v) is 12.6. The average molecular weight is 250 g/mol. The molecule has 0 saturated heterocycles. The topological polar surface area (TPSA) is 17.1 Å². The summed E-state index contributed by atoms with van der Waals surface area (Å²) in [7, 11) is 0. The van der Waals surface area contributed by atoms with E-state index in [4.69, 9.17) is 0 Å². The summed E-state index contributed by atoms with van der Waals surface area (Å²) in [5.41, 5.74) is 0.972. The van der Waals surface area contributed by atoms with Gasteiger partial charge in [-0.3, -0.25) is 4.79 Å². The molecule has 1 atom stereocenters. The van der Waals surface area contributed by atoms with E-state index in [0.29, 0.717) is 11.8 Å². The summed E-state index contributed by atoms with van der Waals surface area (Å²) in [6, 6.07) is 0. The Morgan fingerprint density at radius 2 is 1.67 bits per heavy atom. The maximum absolute atomic E-state index is 11.1. The van der Waals surface area contributed by atoms with E-state index in [9.17, 15) is 4.79 Å². The lowest BCUT2D eigenvalue weighted by Crippen LogP contribution is -2.01. The molecule has 0 aliphatic rings. The lowest BCUT2D eigenvalue weighted by molar-refractivity contribution is -0.105. The predicted octanol–water partition coefficient (Wildman–Crippen LogP) is 5.18. The molecule has 0 amide bonds. The van der Waals surface area contributed by atoms with Crippen molar-refractivity contribution in [3.05, 3.63) is 24.3 Å². The molecule has 1 heteroatoms. The van der Waals surface area contributed by atoms with Gasteiger partial charge in [0, 0.05) is 0 Å². The van der Waals surface area contributed by atoms with Crippen molar-refractivity contribution < 1.29 is 4.79 Å². The van der Waals surface area contributed by atoms with Crippen molar-refractivity contribution in [2.75, 3.05) is 0 Å². The van der Waals surface area contributed by atoms with E-state index in [0.717, 1.165) is 43.5 Å². The molecule has 18 heavy (non-hydrogen) atoms. The monoisotopic (exact) mass is 250 g/mol. The van der Waals surface area contributed by atoms with Gasteiger partial charge in [-0.2, -0.15) is 0 Å². The highest BCUT2D eigenvalue weighted by Gasteiger charge is 2.08. The molecule has 0 saturated carbocycles. The van der Waals surface area contributed by atoms with Crippen molar-refractivity contribution in [2.45, 2.75) is 59.8 Å². The summed E-state index contributed by atoms with van der Waals surface area (Å²) in [5, 5.41) is 0. The molecule has 0 aliphatic heterocycles. The fourth-order valence-corrected chi connectivity index (χ4v) is 1.97. The van der Waals surface area contributed by atoms with Crippen molar-refractivity contribution in [3.63, 3.8) is 0 Å². The van der Waals surface area contributed by atoms with Crippen LogP contribution in [0.25, 0.3) is 0 Å². The van der Waals surface area contributed by atoms with Crippen LogP contribution in [0.15, 0.2) is 24.3 Å². The maximum atomic E-state index is 11.1. The smallest absolute Gasteiger partial charge is 0.145 e. The average Bonchev–Trinajstić information content (AvgIpc) is 2.30. The molecule has 0 aliphatic carbocycles. The van der Waals surface area contributed by atoms with Crippen LogP contribution in [0.5, 0.6) is 0 Å². The molecular weight excluding hydrogens is 220 g/mol. The summed E-state index contributed by atoms with van der Waals surface area (Å²) >= 11 is 0. The highest BCUT2D eigenvalue weighted by molar-refractivity contribution is 5.73. The van der Waals surface area contributed by atoms with Gasteiger partial charge in [-0.25, -0.2) is 0 Å². The molecule has 0 aromatic rings. The molecule has 0 aromatic carbocycles. The predicted molar refractivity (Wildman–Crippen MR) is 80.6 cm³/mol. The van der Waals surface area contributed by atoms with Crippen molar-refractivity contribution in [1.82, 2.24) is 0 Å². The van der Waals surface area contributed by atoms with Gasteiger partial charge in [-0.05, 0) is 49.0 Å². The van der Waals surface area contributed by atoms with Crippen LogP contribution in [0.3, 0.4) is 0 Å². The van der Waals surface area contributed by atoms with Crippen LogP contribution in [0.1, 0.15) is 59.8 Å². The molecule has 0 radical (unpaired) electrons. The molecule has 1 unspecified atom stereocenters. The van der Waals surface area contributed by atoms with Crippen LogP contribution in [-0.2, 0) is 4.79 Å². The Morgan fingerprint density at radius 1 is 1.06 bits per heavy atom. The van der Waals surface area contributed by atoms with Gasteiger partial charge in [-0.15, -0.1) is 6.58 Å². The molecular formula is C17H30O. The molecule has 0 bridgehead atoms. The van der Waals surface area contributed by atoms with Crippen molar-refractivity contribution >= 4 is 6.29 Å². The van der Waals surface area contributed by atoms with Gasteiger partial charge in [0.15, 0.2) is 0 Å². The normalized spacial score (nSPS) is 14.0. The van der Waals surface area contributed by atoms with E-state index in [1.54, 1.807) is 0 Å². The number of carbonyl (C=O) groups excluding carboxylic acids is 1. The standard InChI is InChI=1S/C17H30O/c1-6-7-16(10-8-14(2)3)12-17(13-18)11-9-15(4)5/h6,12-16H,1,7-11H2,2-5H3/b17-12+. The van der Waals surface area contributed by atoms with Gasteiger partial charge in [0.25, 0.3) is 0 Å². The summed E-state index contributed by atoms with van der Waals surface area (Å²) in [6.07, 6.45) is 10.5. The lowest BCUT2D eigenvalue weighted by atomic mass is 9.92. The van der Waals surface area contributed by atoms with Gasteiger partial charge in [0.1, 0.15) is 6.29 Å². The minimum atomic E-state index is 0.484. The van der Waals surface area contributed by atoms with Gasteiger partial charge in [0.2, 0.25) is 0 Å². The largest absolute Gasteiger partial charge is 0.298 e. The van der Waals surface area contributed by atoms with Crippen molar-refractivity contribution in [3.8, 4) is 0 Å². The van der Waals surface area contributed by atoms with Crippen LogP contribution in [0.2, 0.25) is 0 Å². The number of carbonyl (C=O) groups is 1. The van der Waals surface area contributed by atoms with Crippen molar-refractivity contribution in [2.24, 2.45) is 17.8 Å². The first-order chi connectivity index (χ1) is 8.49. The Hall–Kier alpha value is -0.850. The fourth-order valence-electron chi connectivity index (χ4n) is 1.97. The Labute approximate surface area is 113 Å². The van der Waals surface area contributed by atoms with E-state index < -0.39 is 0 Å². The fraction of sp³-hybridized carbons (Fsp3) is 0.706. The molecule has 0 heterocycles. The second-order valence-corrected chi connectivity index (χ2v) is 6.05. The van der Waals surface area contributed by atoms with Crippen LogP contribution in [0.4, 0.5) is 0 Å². The summed E-state index contributed by atoms with van der Waals surface area (Å²) < 4.78 is 0. The molecule has 0 aromatic heterocycles. The van der Waals surface area contributed by atoms with Gasteiger partial charge < -0.3 is 0 Å². The lowest BCUT2D eigenvalue weighted by Gasteiger charge is -2.14. The van der Waals surface area contributed by atoms with E-state index in [1.807, 2.05) is 6.08 Å². The third-order valence-electron chi connectivity index (χ3n) is 3.20. The van der Waals surface area contributed by atoms with E-state index >= 15 is 0 Å². The first-order valence-electron chi connectivity index (χ1n) is 7.26. The number of hydrogen-bond donors (Lipinski definition) is 0. The zero-order valence-electron chi connectivity index (χ0n) is 12.6. The summed E-state index contributed by atoms with van der Waals surface area (Å²) in [5.74, 6) is 1.86. The Bertz CT molecular complexity index is 261. The minimum Gasteiger partial charge on any atom is -0.298 e. The van der Waals surface area contributed by atoms with E-state index in [1.165, 1.54) is 6.42 Å². The van der Waals surface area contributed by atoms with Crippen LogP contribution >= 0.6 is 0 Å². The Morgan fingerprint density at radius 3 is 2.11 bits per heavy atom. The Balaban J connectivity index is 4.45. The molecule has 0 rings (SSSR count). The minimum absolute atomic E-state index is 0.484. The third-order valence-corrected chi connectivity index (χ3v) is 3.20.